The SMILES string of the molecule is CC1CC1CN(C)Cc1ccc([N+](=O)[O-])c(F)c1. The Morgan fingerprint density at radius 2 is 2.22 bits per heavy atom. The average Bonchev–Trinajstić information content (AvgIpc) is 2.93. The lowest BCUT2D eigenvalue weighted by Crippen LogP contribution is -2.21. The Hall–Kier alpha value is -1.49. The summed E-state index contributed by atoms with van der Waals surface area (Å²) in [6, 6.07) is 4.11. The molecule has 0 saturated heterocycles. The molecule has 0 radical (unpaired) electrons. The van der Waals surface area contributed by atoms with Crippen molar-refractivity contribution in [3.63, 3.8) is 0 Å². The Kier molecular flexibility index (Phi) is 3.61. The van der Waals surface area contributed by atoms with Crippen molar-refractivity contribution in [2.24, 2.45) is 11.8 Å². The molecule has 0 amide bonds. The van der Waals surface area contributed by atoms with Gasteiger partial charge in [0.25, 0.3) is 0 Å². The minimum Gasteiger partial charge on any atom is -0.302 e. The second kappa shape index (κ2) is 5.02. The van der Waals surface area contributed by atoms with E-state index in [1.807, 2.05) is 7.05 Å². The van der Waals surface area contributed by atoms with Crippen LogP contribution in [0.5, 0.6) is 0 Å². The molecule has 2 rings (SSSR count). The van der Waals surface area contributed by atoms with Gasteiger partial charge >= 0.3 is 5.69 Å². The van der Waals surface area contributed by atoms with Crippen molar-refractivity contribution in [2.45, 2.75) is 19.9 Å². The Balaban J connectivity index is 1.96. The van der Waals surface area contributed by atoms with Crippen LogP contribution in [-0.2, 0) is 6.54 Å². The summed E-state index contributed by atoms with van der Waals surface area (Å²) in [5.74, 6) is 0.782. The molecule has 0 spiro atoms. The lowest BCUT2D eigenvalue weighted by Gasteiger charge is -2.16. The lowest BCUT2D eigenvalue weighted by atomic mass is 10.2. The molecule has 1 aromatic carbocycles. The first-order chi connectivity index (χ1) is 8.47. The second-order valence-electron chi connectivity index (χ2n) is 5.21. The molecule has 98 valence electrons. The van der Waals surface area contributed by atoms with E-state index in [-0.39, 0.29) is 0 Å². The largest absolute Gasteiger partial charge is 0.304 e. The molecule has 1 aliphatic carbocycles. The molecule has 4 nitrogen and oxygen atoms in total. The molecule has 0 aromatic heterocycles. The van der Waals surface area contributed by atoms with Gasteiger partial charge in [0.15, 0.2) is 0 Å². The Labute approximate surface area is 106 Å². The molecule has 2 unspecified atom stereocenters. The van der Waals surface area contributed by atoms with Crippen molar-refractivity contribution in [2.75, 3.05) is 13.6 Å². The van der Waals surface area contributed by atoms with E-state index in [1.54, 1.807) is 6.07 Å². The molecule has 0 bridgehead atoms. The van der Waals surface area contributed by atoms with E-state index in [4.69, 9.17) is 0 Å². The molecule has 1 aromatic rings. The number of nitro benzene ring substituents is 1. The zero-order valence-electron chi connectivity index (χ0n) is 10.6. The highest BCUT2D eigenvalue weighted by atomic mass is 19.1. The molecule has 1 aliphatic rings. The first-order valence-corrected chi connectivity index (χ1v) is 6.08. The number of nitro groups is 1. The summed E-state index contributed by atoms with van der Waals surface area (Å²) in [6.45, 7) is 3.85. The average molecular weight is 252 g/mol. The first-order valence-electron chi connectivity index (χ1n) is 6.08. The van der Waals surface area contributed by atoms with Crippen LogP contribution in [0.25, 0.3) is 0 Å². The topological polar surface area (TPSA) is 46.4 Å². The molecular formula is C13H17FN2O2. The van der Waals surface area contributed by atoms with Crippen LogP contribution >= 0.6 is 0 Å². The summed E-state index contributed by atoms with van der Waals surface area (Å²) in [6.07, 6.45) is 1.26. The van der Waals surface area contributed by atoms with Crippen LogP contribution < -0.4 is 0 Å². The van der Waals surface area contributed by atoms with Crippen LogP contribution in [0.4, 0.5) is 10.1 Å². The minimum absolute atomic E-state index is 0.461. The van der Waals surface area contributed by atoms with Gasteiger partial charge in [-0.2, -0.15) is 4.39 Å². The molecule has 0 heterocycles. The third-order valence-electron chi connectivity index (χ3n) is 3.48. The maximum atomic E-state index is 13.4. The summed E-state index contributed by atoms with van der Waals surface area (Å²) in [5.41, 5.74) is 0.311. The first kappa shape index (κ1) is 13.0. The highest BCUT2D eigenvalue weighted by Crippen LogP contribution is 2.38. The molecule has 1 fully saturated rings. The Bertz CT molecular complexity index is 464. The van der Waals surface area contributed by atoms with E-state index >= 15 is 0 Å². The van der Waals surface area contributed by atoms with E-state index in [9.17, 15) is 14.5 Å². The molecule has 2 atom stereocenters. The zero-order valence-corrected chi connectivity index (χ0v) is 10.6. The lowest BCUT2D eigenvalue weighted by molar-refractivity contribution is -0.387. The van der Waals surface area contributed by atoms with Gasteiger partial charge in [0.1, 0.15) is 0 Å². The van der Waals surface area contributed by atoms with Crippen LogP contribution in [0.3, 0.4) is 0 Å². The van der Waals surface area contributed by atoms with Gasteiger partial charge in [0.2, 0.25) is 5.82 Å². The van der Waals surface area contributed by atoms with Crippen LogP contribution in [0.2, 0.25) is 0 Å². The van der Waals surface area contributed by atoms with Gasteiger partial charge in [-0.05, 0) is 36.9 Å². The van der Waals surface area contributed by atoms with Crippen LogP contribution in [0.1, 0.15) is 18.9 Å². The third-order valence-corrected chi connectivity index (χ3v) is 3.48. The highest BCUT2D eigenvalue weighted by Gasteiger charge is 2.33. The third kappa shape index (κ3) is 3.04. The number of nitrogens with zero attached hydrogens (tertiary/aromatic N) is 2. The summed E-state index contributed by atoms with van der Waals surface area (Å²) >= 11 is 0. The van der Waals surface area contributed by atoms with Crippen molar-refractivity contribution >= 4 is 5.69 Å². The van der Waals surface area contributed by atoms with E-state index in [1.165, 1.54) is 18.6 Å². The normalized spacial score (nSPS) is 22.2. The van der Waals surface area contributed by atoms with Crippen molar-refractivity contribution in [1.82, 2.24) is 4.90 Å². The minimum atomic E-state index is -0.759. The fraction of sp³-hybridized carbons (Fsp3) is 0.538. The van der Waals surface area contributed by atoms with Crippen LogP contribution in [0, 0.1) is 27.8 Å². The number of hydrogen-bond acceptors (Lipinski definition) is 3. The van der Waals surface area contributed by atoms with E-state index in [0.29, 0.717) is 6.54 Å². The fourth-order valence-electron chi connectivity index (χ4n) is 2.23. The number of benzene rings is 1. The summed E-state index contributed by atoms with van der Waals surface area (Å²) in [5, 5.41) is 10.5. The van der Waals surface area contributed by atoms with Gasteiger partial charge in [-0.1, -0.05) is 13.0 Å². The molecular weight excluding hydrogens is 235 g/mol. The Morgan fingerprint density at radius 3 is 2.72 bits per heavy atom. The monoisotopic (exact) mass is 252 g/mol. The van der Waals surface area contributed by atoms with Gasteiger partial charge in [0, 0.05) is 19.2 Å². The summed E-state index contributed by atoms with van der Waals surface area (Å²) < 4.78 is 13.4. The van der Waals surface area contributed by atoms with Crippen molar-refractivity contribution < 1.29 is 9.31 Å². The van der Waals surface area contributed by atoms with E-state index in [2.05, 4.69) is 11.8 Å². The molecule has 0 N–H and O–H groups in total. The standard InChI is InChI=1S/C13H17FN2O2/c1-9-5-11(9)8-15(2)7-10-3-4-13(16(17)18)12(14)6-10/h3-4,6,9,11H,5,7-8H2,1-2H3. The van der Waals surface area contributed by atoms with Crippen molar-refractivity contribution in [1.29, 1.82) is 0 Å². The summed E-state index contributed by atoms with van der Waals surface area (Å²) in [7, 11) is 1.99. The van der Waals surface area contributed by atoms with Crippen molar-refractivity contribution in [3.05, 3.63) is 39.7 Å². The molecule has 18 heavy (non-hydrogen) atoms. The maximum absolute atomic E-state index is 13.4. The van der Waals surface area contributed by atoms with E-state index in [0.717, 1.165) is 23.9 Å². The van der Waals surface area contributed by atoms with Gasteiger partial charge in [0.05, 0.1) is 4.92 Å². The fourth-order valence-corrected chi connectivity index (χ4v) is 2.23. The predicted molar refractivity (Wildman–Crippen MR) is 66.7 cm³/mol. The van der Waals surface area contributed by atoms with Crippen molar-refractivity contribution in [3.8, 4) is 0 Å². The smallest absolute Gasteiger partial charge is 0.302 e. The van der Waals surface area contributed by atoms with Crippen LogP contribution in [-0.4, -0.2) is 23.4 Å². The van der Waals surface area contributed by atoms with Gasteiger partial charge in [-0.15, -0.1) is 0 Å². The Morgan fingerprint density at radius 1 is 1.56 bits per heavy atom. The number of rotatable bonds is 5. The predicted octanol–water partition coefficient (Wildman–Crippen LogP) is 2.82. The van der Waals surface area contributed by atoms with Gasteiger partial charge in [-0.25, -0.2) is 0 Å². The highest BCUT2D eigenvalue weighted by molar-refractivity contribution is 5.34. The second-order valence-corrected chi connectivity index (χ2v) is 5.21. The van der Waals surface area contributed by atoms with E-state index < -0.39 is 16.4 Å². The molecule has 0 aliphatic heterocycles. The maximum Gasteiger partial charge on any atom is 0.304 e. The quantitative estimate of drug-likeness (QED) is 0.598. The van der Waals surface area contributed by atoms with Gasteiger partial charge in [-0.3, -0.25) is 10.1 Å². The number of halogens is 1. The summed E-state index contributed by atoms with van der Waals surface area (Å²) in [4.78, 5) is 11.9. The van der Waals surface area contributed by atoms with Gasteiger partial charge < -0.3 is 4.90 Å². The molecule has 1 saturated carbocycles. The van der Waals surface area contributed by atoms with Crippen LogP contribution in [0.15, 0.2) is 18.2 Å². The molecule has 5 heteroatoms. The zero-order chi connectivity index (χ0) is 13.3. The number of hydrogen-bond donors (Lipinski definition) is 0.